The minimum absolute atomic E-state index is 0.116. The molecule has 3 nitrogen and oxygen atoms in total. The van der Waals surface area contributed by atoms with Crippen molar-refractivity contribution in [3.8, 4) is 0 Å². The first-order chi connectivity index (χ1) is 9.82. The van der Waals surface area contributed by atoms with E-state index in [9.17, 15) is 4.79 Å². The van der Waals surface area contributed by atoms with Crippen LogP contribution in [0.15, 0.2) is 24.3 Å². The summed E-state index contributed by atoms with van der Waals surface area (Å²) in [6.07, 6.45) is 2.18. The molecule has 0 aliphatic carbocycles. The summed E-state index contributed by atoms with van der Waals surface area (Å²) >= 11 is 0. The molecule has 2 N–H and O–H groups in total. The van der Waals surface area contributed by atoms with Crippen molar-refractivity contribution in [2.75, 3.05) is 13.1 Å². The standard InChI is InChI=1S/C18H28N2O/c1-13-5-6-14(11-19)12-20(13)17(21)15-7-9-16(10-8-15)18(2,3)4/h7-10,13-14H,5-6,11-12,19H2,1-4H3. The largest absolute Gasteiger partial charge is 0.336 e. The van der Waals surface area contributed by atoms with Gasteiger partial charge in [-0.2, -0.15) is 0 Å². The van der Waals surface area contributed by atoms with Gasteiger partial charge in [-0.05, 0) is 55.3 Å². The van der Waals surface area contributed by atoms with Crippen molar-refractivity contribution in [1.29, 1.82) is 0 Å². The predicted molar refractivity (Wildman–Crippen MR) is 87.4 cm³/mol. The Hall–Kier alpha value is -1.35. The van der Waals surface area contributed by atoms with Crippen LogP contribution in [0.4, 0.5) is 0 Å². The molecular formula is C18H28N2O. The third-order valence-electron chi connectivity index (χ3n) is 4.57. The third kappa shape index (κ3) is 3.65. The number of benzene rings is 1. The van der Waals surface area contributed by atoms with E-state index in [2.05, 4.69) is 39.8 Å². The summed E-state index contributed by atoms with van der Waals surface area (Å²) in [7, 11) is 0. The topological polar surface area (TPSA) is 46.3 Å². The SMILES string of the molecule is CC1CCC(CN)CN1C(=O)c1ccc(C(C)(C)C)cc1. The maximum atomic E-state index is 12.7. The zero-order chi connectivity index (χ0) is 15.6. The molecule has 2 atom stereocenters. The molecule has 1 fully saturated rings. The van der Waals surface area contributed by atoms with Crippen LogP contribution in [0.1, 0.15) is 56.5 Å². The Morgan fingerprint density at radius 1 is 1.24 bits per heavy atom. The summed E-state index contributed by atoms with van der Waals surface area (Å²) in [5.41, 5.74) is 7.94. The van der Waals surface area contributed by atoms with Gasteiger partial charge in [-0.25, -0.2) is 0 Å². The molecule has 3 heteroatoms. The highest BCUT2D eigenvalue weighted by molar-refractivity contribution is 5.94. The summed E-state index contributed by atoms with van der Waals surface area (Å²) in [4.78, 5) is 14.7. The van der Waals surface area contributed by atoms with E-state index in [-0.39, 0.29) is 11.3 Å². The molecule has 0 bridgehead atoms. The van der Waals surface area contributed by atoms with Gasteiger partial charge in [-0.15, -0.1) is 0 Å². The van der Waals surface area contributed by atoms with Gasteiger partial charge >= 0.3 is 0 Å². The zero-order valence-electron chi connectivity index (χ0n) is 13.7. The van der Waals surface area contributed by atoms with E-state index in [1.807, 2.05) is 17.0 Å². The number of rotatable bonds is 2. The van der Waals surface area contributed by atoms with Crippen molar-refractivity contribution < 1.29 is 4.79 Å². The first kappa shape index (κ1) is 16.0. The van der Waals surface area contributed by atoms with Crippen molar-refractivity contribution >= 4 is 5.91 Å². The van der Waals surface area contributed by atoms with Gasteiger partial charge in [0.2, 0.25) is 0 Å². The number of piperidine rings is 1. The molecule has 1 saturated heterocycles. The van der Waals surface area contributed by atoms with Crippen LogP contribution in [0.2, 0.25) is 0 Å². The number of amides is 1. The van der Waals surface area contributed by atoms with Gasteiger partial charge in [0, 0.05) is 18.2 Å². The molecule has 116 valence electrons. The Bertz CT molecular complexity index is 487. The van der Waals surface area contributed by atoms with Crippen LogP contribution >= 0.6 is 0 Å². The summed E-state index contributed by atoms with van der Waals surface area (Å²) < 4.78 is 0. The molecule has 2 unspecified atom stereocenters. The monoisotopic (exact) mass is 288 g/mol. The molecule has 2 rings (SSSR count). The molecule has 21 heavy (non-hydrogen) atoms. The van der Waals surface area contributed by atoms with Crippen LogP contribution in [0.3, 0.4) is 0 Å². The summed E-state index contributed by atoms with van der Waals surface area (Å²) in [5, 5.41) is 0. The average molecular weight is 288 g/mol. The van der Waals surface area contributed by atoms with E-state index in [0.29, 0.717) is 18.5 Å². The molecule has 0 spiro atoms. The molecule has 1 heterocycles. The van der Waals surface area contributed by atoms with E-state index >= 15 is 0 Å². The second-order valence-corrected chi connectivity index (χ2v) is 7.31. The van der Waals surface area contributed by atoms with Gasteiger partial charge in [0.1, 0.15) is 0 Å². The Labute approximate surface area is 128 Å². The lowest BCUT2D eigenvalue weighted by atomic mass is 9.86. The first-order valence-corrected chi connectivity index (χ1v) is 7.94. The van der Waals surface area contributed by atoms with Crippen molar-refractivity contribution in [3.05, 3.63) is 35.4 Å². The molecule has 1 amide bonds. The number of likely N-dealkylation sites (tertiary alicyclic amines) is 1. The van der Waals surface area contributed by atoms with Gasteiger partial charge in [-0.3, -0.25) is 4.79 Å². The Kier molecular flexibility index (Phi) is 4.72. The summed E-state index contributed by atoms with van der Waals surface area (Å²) in [6, 6.07) is 8.37. The minimum atomic E-state index is 0.116. The molecule has 0 aromatic heterocycles. The van der Waals surface area contributed by atoms with Crippen LogP contribution in [0.25, 0.3) is 0 Å². The number of carbonyl (C=O) groups is 1. The number of hydrogen-bond donors (Lipinski definition) is 1. The molecular weight excluding hydrogens is 260 g/mol. The Morgan fingerprint density at radius 2 is 1.86 bits per heavy atom. The van der Waals surface area contributed by atoms with Gasteiger partial charge in [0.05, 0.1) is 0 Å². The predicted octanol–water partition coefficient (Wildman–Crippen LogP) is 3.18. The van der Waals surface area contributed by atoms with Crippen molar-refractivity contribution in [3.63, 3.8) is 0 Å². The smallest absolute Gasteiger partial charge is 0.254 e. The number of carbonyl (C=O) groups excluding carboxylic acids is 1. The lowest BCUT2D eigenvalue weighted by molar-refractivity contribution is 0.0567. The minimum Gasteiger partial charge on any atom is -0.336 e. The van der Waals surface area contributed by atoms with Crippen LogP contribution in [-0.4, -0.2) is 29.9 Å². The molecule has 1 aromatic carbocycles. The quantitative estimate of drug-likeness (QED) is 0.908. The normalized spacial score (nSPS) is 23.2. The highest BCUT2D eigenvalue weighted by atomic mass is 16.2. The van der Waals surface area contributed by atoms with Crippen molar-refractivity contribution in [1.82, 2.24) is 4.90 Å². The summed E-state index contributed by atoms with van der Waals surface area (Å²) in [5.74, 6) is 0.583. The first-order valence-electron chi connectivity index (χ1n) is 7.94. The maximum Gasteiger partial charge on any atom is 0.254 e. The van der Waals surface area contributed by atoms with Crippen molar-refractivity contribution in [2.24, 2.45) is 11.7 Å². The van der Waals surface area contributed by atoms with Crippen LogP contribution in [0.5, 0.6) is 0 Å². The summed E-state index contributed by atoms with van der Waals surface area (Å²) in [6.45, 7) is 10.1. The van der Waals surface area contributed by atoms with E-state index in [1.165, 1.54) is 5.56 Å². The second-order valence-electron chi connectivity index (χ2n) is 7.31. The fraction of sp³-hybridized carbons (Fsp3) is 0.611. The average Bonchev–Trinajstić information content (AvgIpc) is 2.46. The fourth-order valence-corrected chi connectivity index (χ4v) is 2.94. The number of nitrogens with zero attached hydrogens (tertiary/aromatic N) is 1. The van der Waals surface area contributed by atoms with Gasteiger partial charge in [-0.1, -0.05) is 32.9 Å². The highest BCUT2D eigenvalue weighted by Crippen LogP contribution is 2.25. The highest BCUT2D eigenvalue weighted by Gasteiger charge is 2.29. The Balaban J connectivity index is 2.15. The molecule has 0 saturated carbocycles. The zero-order valence-corrected chi connectivity index (χ0v) is 13.7. The van der Waals surface area contributed by atoms with Crippen molar-refractivity contribution in [2.45, 2.75) is 52.0 Å². The third-order valence-corrected chi connectivity index (χ3v) is 4.57. The molecule has 1 aromatic rings. The maximum absolute atomic E-state index is 12.7. The lowest BCUT2D eigenvalue weighted by Gasteiger charge is -2.37. The lowest BCUT2D eigenvalue weighted by Crippen LogP contribution is -2.47. The number of nitrogens with two attached hydrogens (primary N) is 1. The van der Waals surface area contributed by atoms with Gasteiger partial charge in [0.25, 0.3) is 5.91 Å². The van der Waals surface area contributed by atoms with E-state index in [0.717, 1.165) is 24.9 Å². The number of hydrogen-bond acceptors (Lipinski definition) is 2. The fourth-order valence-electron chi connectivity index (χ4n) is 2.94. The van der Waals surface area contributed by atoms with Gasteiger partial charge < -0.3 is 10.6 Å². The van der Waals surface area contributed by atoms with Crippen LogP contribution < -0.4 is 5.73 Å². The Morgan fingerprint density at radius 3 is 2.38 bits per heavy atom. The van der Waals surface area contributed by atoms with Crippen LogP contribution in [0, 0.1) is 5.92 Å². The molecule has 1 aliphatic rings. The molecule has 0 radical (unpaired) electrons. The van der Waals surface area contributed by atoms with Gasteiger partial charge in [0.15, 0.2) is 0 Å². The van der Waals surface area contributed by atoms with E-state index in [1.54, 1.807) is 0 Å². The molecule has 1 aliphatic heterocycles. The van der Waals surface area contributed by atoms with E-state index in [4.69, 9.17) is 5.73 Å². The van der Waals surface area contributed by atoms with E-state index < -0.39 is 0 Å². The van der Waals surface area contributed by atoms with Crippen LogP contribution in [-0.2, 0) is 5.41 Å². The second kappa shape index (κ2) is 6.18.